The van der Waals surface area contributed by atoms with Crippen LogP contribution in [0.15, 0.2) is 40.9 Å². The second-order valence-electron chi connectivity index (χ2n) is 3.73. The van der Waals surface area contributed by atoms with Gasteiger partial charge in [0.05, 0.1) is 11.3 Å². The maximum atomic E-state index is 13.2. The van der Waals surface area contributed by atoms with Crippen LogP contribution in [0, 0.1) is 5.82 Å². The third-order valence-electron chi connectivity index (χ3n) is 2.36. The van der Waals surface area contributed by atoms with E-state index in [-0.39, 0.29) is 22.7 Å². The molecule has 19 heavy (non-hydrogen) atoms. The highest BCUT2D eigenvalue weighted by Gasteiger charge is 2.13. The molecule has 0 saturated carbocycles. The molecule has 0 aliphatic rings. The molecule has 0 radical (unpaired) electrons. The molecule has 0 spiro atoms. The molecule has 0 unspecified atom stereocenters. The Hall–Kier alpha value is -2.08. The fourth-order valence-electron chi connectivity index (χ4n) is 1.53. The van der Waals surface area contributed by atoms with Gasteiger partial charge in [0.15, 0.2) is 5.75 Å². The van der Waals surface area contributed by atoms with Crippen LogP contribution in [0.25, 0.3) is 0 Å². The molecule has 4 nitrogen and oxygen atoms in total. The van der Waals surface area contributed by atoms with E-state index in [1.165, 1.54) is 30.3 Å². The lowest BCUT2D eigenvalue weighted by molar-refractivity contribution is 0.0697. The van der Waals surface area contributed by atoms with Crippen LogP contribution < -0.4 is 10.5 Å². The van der Waals surface area contributed by atoms with E-state index in [9.17, 15) is 9.18 Å². The quantitative estimate of drug-likeness (QED) is 0.844. The van der Waals surface area contributed by atoms with E-state index >= 15 is 0 Å². The molecule has 0 amide bonds. The van der Waals surface area contributed by atoms with Crippen molar-refractivity contribution in [2.45, 2.75) is 0 Å². The topological polar surface area (TPSA) is 72.5 Å². The van der Waals surface area contributed by atoms with Crippen molar-refractivity contribution in [1.29, 1.82) is 0 Å². The van der Waals surface area contributed by atoms with Gasteiger partial charge in [-0.25, -0.2) is 9.18 Å². The van der Waals surface area contributed by atoms with Crippen LogP contribution in [-0.2, 0) is 0 Å². The molecule has 6 heteroatoms. The van der Waals surface area contributed by atoms with Crippen molar-refractivity contribution in [2.75, 3.05) is 5.73 Å². The Morgan fingerprint density at radius 1 is 1.32 bits per heavy atom. The number of carboxylic acid groups (broad SMARTS) is 1. The van der Waals surface area contributed by atoms with Gasteiger partial charge < -0.3 is 15.6 Å². The number of ether oxygens (including phenoxy) is 1. The molecule has 0 atom stereocenters. The highest BCUT2D eigenvalue weighted by Crippen LogP contribution is 2.31. The number of nitrogen functional groups attached to an aromatic ring is 1. The number of carboxylic acids is 1. The van der Waals surface area contributed by atoms with Crippen molar-refractivity contribution in [3.63, 3.8) is 0 Å². The number of para-hydroxylation sites is 1. The highest BCUT2D eigenvalue weighted by atomic mass is 79.9. The molecule has 2 aromatic rings. The van der Waals surface area contributed by atoms with Crippen LogP contribution in [0.5, 0.6) is 11.5 Å². The third kappa shape index (κ3) is 3.03. The molecule has 0 aromatic heterocycles. The number of anilines is 1. The largest absolute Gasteiger partial charge is 0.478 e. The van der Waals surface area contributed by atoms with E-state index in [1.807, 2.05) is 0 Å². The Balaban J connectivity index is 2.38. The molecule has 0 bridgehead atoms. The first-order valence-electron chi connectivity index (χ1n) is 5.23. The fourth-order valence-corrected chi connectivity index (χ4v) is 1.98. The summed E-state index contributed by atoms with van der Waals surface area (Å²) in [5, 5.41) is 8.94. The van der Waals surface area contributed by atoms with E-state index in [4.69, 9.17) is 15.6 Å². The number of carbonyl (C=O) groups is 1. The van der Waals surface area contributed by atoms with Gasteiger partial charge in [-0.1, -0.05) is 22.0 Å². The van der Waals surface area contributed by atoms with Gasteiger partial charge in [0.1, 0.15) is 11.6 Å². The second-order valence-corrected chi connectivity index (χ2v) is 4.65. The summed E-state index contributed by atoms with van der Waals surface area (Å²) < 4.78 is 19.1. The normalized spacial score (nSPS) is 10.2. The zero-order valence-corrected chi connectivity index (χ0v) is 11.1. The molecule has 3 N–H and O–H groups in total. The summed E-state index contributed by atoms with van der Waals surface area (Å²) in [5.74, 6) is -1.24. The van der Waals surface area contributed by atoms with Crippen LogP contribution in [0.1, 0.15) is 10.4 Å². The molecule has 0 aliphatic carbocycles. The van der Waals surface area contributed by atoms with Gasteiger partial charge in [-0.15, -0.1) is 0 Å². The number of benzene rings is 2. The Bertz CT molecular complexity index is 626. The Kier molecular flexibility index (Phi) is 3.71. The molecule has 2 aromatic carbocycles. The van der Waals surface area contributed by atoms with Crippen molar-refractivity contribution in [3.05, 3.63) is 52.3 Å². The fraction of sp³-hybridized carbons (Fsp3) is 0. The predicted molar refractivity (Wildman–Crippen MR) is 72.0 cm³/mol. The Morgan fingerprint density at radius 3 is 2.68 bits per heavy atom. The molecule has 0 heterocycles. The minimum absolute atomic E-state index is 0.00427. The number of hydrogen-bond acceptors (Lipinski definition) is 3. The smallest absolute Gasteiger partial charge is 0.337 e. The van der Waals surface area contributed by atoms with Crippen LogP contribution >= 0.6 is 15.9 Å². The first-order chi connectivity index (χ1) is 8.97. The highest BCUT2D eigenvalue weighted by molar-refractivity contribution is 9.10. The van der Waals surface area contributed by atoms with Crippen molar-refractivity contribution in [1.82, 2.24) is 0 Å². The summed E-state index contributed by atoms with van der Waals surface area (Å²) in [6.07, 6.45) is 0. The van der Waals surface area contributed by atoms with Crippen LogP contribution in [0.4, 0.5) is 10.1 Å². The van der Waals surface area contributed by atoms with Gasteiger partial charge in [-0.3, -0.25) is 0 Å². The van der Waals surface area contributed by atoms with Gasteiger partial charge in [-0.05, 0) is 24.3 Å². The molecular formula is C13H9BrFNO3. The summed E-state index contributed by atoms with van der Waals surface area (Å²) in [6.45, 7) is 0. The molecule has 0 saturated heterocycles. The van der Waals surface area contributed by atoms with Crippen molar-refractivity contribution >= 4 is 27.6 Å². The number of nitrogens with two attached hydrogens (primary N) is 1. The molecule has 98 valence electrons. The Morgan fingerprint density at radius 2 is 2.05 bits per heavy atom. The average molecular weight is 326 g/mol. The van der Waals surface area contributed by atoms with Crippen molar-refractivity contribution < 1.29 is 19.0 Å². The van der Waals surface area contributed by atoms with Gasteiger partial charge in [0.2, 0.25) is 0 Å². The maximum absolute atomic E-state index is 13.2. The summed E-state index contributed by atoms with van der Waals surface area (Å²) in [7, 11) is 0. The summed E-state index contributed by atoms with van der Waals surface area (Å²) in [4.78, 5) is 10.9. The number of hydrogen-bond donors (Lipinski definition) is 2. The Labute approximate surface area is 116 Å². The molecule has 0 fully saturated rings. The lowest BCUT2D eigenvalue weighted by Crippen LogP contribution is -2.03. The minimum Gasteiger partial charge on any atom is -0.478 e. The van der Waals surface area contributed by atoms with E-state index in [0.29, 0.717) is 4.47 Å². The molecular weight excluding hydrogens is 317 g/mol. The predicted octanol–water partition coefficient (Wildman–Crippen LogP) is 3.66. The summed E-state index contributed by atoms with van der Waals surface area (Å²) in [6, 6.07) is 8.40. The summed E-state index contributed by atoms with van der Waals surface area (Å²) in [5.41, 5.74) is 5.63. The minimum atomic E-state index is -1.15. The van der Waals surface area contributed by atoms with Gasteiger partial charge in [-0.2, -0.15) is 0 Å². The zero-order chi connectivity index (χ0) is 14.0. The lowest BCUT2D eigenvalue weighted by atomic mass is 10.1. The van der Waals surface area contributed by atoms with E-state index in [2.05, 4.69) is 15.9 Å². The van der Waals surface area contributed by atoms with Crippen LogP contribution in [0.2, 0.25) is 0 Å². The average Bonchev–Trinajstić information content (AvgIpc) is 2.30. The SMILES string of the molecule is Nc1c(Oc2cc(F)cc(Br)c2)cccc1C(=O)O. The number of rotatable bonds is 3. The summed E-state index contributed by atoms with van der Waals surface area (Å²) >= 11 is 3.14. The lowest BCUT2D eigenvalue weighted by Gasteiger charge is -2.10. The van der Waals surface area contributed by atoms with Crippen LogP contribution in [0.3, 0.4) is 0 Å². The number of halogens is 2. The standard InChI is InChI=1S/C13H9BrFNO3/c14-7-4-8(15)6-9(5-7)19-11-3-1-2-10(12(11)16)13(17)18/h1-6H,16H2,(H,17,18). The molecule has 2 rings (SSSR count). The second kappa shape index (κ2) is 5.27. The van der Waals surface area contributed by atoms with E-state index < -0.39 is 11.8 Å². The first kappa shape index (κ1) is 13.4. The molecule has 0 aliphatic heterocycles. The van der Waals surface area contributed by atoms with Gasteiger partial charge in [0.25, 0.3) is 0 Å². The van der Waals surface area contributed by atoms with Crippen molar-refractivity contribution in [2.24, 2.45) is 0 Å². The van der Waals surface area contributed by atoms with E-state index in [0.717, 1.165) is 0 Å². The monoisotopic (exact) mass is 325 g/mol. The number of aromatic carboxylic acids is 1. The van der Waals surface area contributed by atoms with Crippen LogP contribution in [-0.4, -0.2) is 11.1 Å². The third-order valence-corrected chi connectivity index (χ3v) is 2.82. The zero-order valence-electron chi connectivity index (χ0n) is 9.56. The van der Waals surface area contributed by atoms with Gasteiger partial charge in [0, 0.05) is 10.5 Å². The van der Waals surface area contributed by atoms with Crippen molar-refractivity contribution in [3.8, 4) is 11.5 Å². The van der Waals surface area contributed by atoms with E-state index in [1.54, 1.807) is 6.07 Å². The first-order valence-corrected chi connectivity index (χ1v) is 6.02. The maximum Gasteiger partial charge on any atom is 0.337 e. The van der Waals surface area contributed by atoms with Gasteiger partial charge >= 0.3 is 5.97 Å².